The highest BCUT2D eigenvalue weighted by Gasteiger charge is 2.58. The van der Waals surface area contributed by atoms with E-state index in [0.717, 1.165) is 48.3 Å². The average Bonchev–Trinajstić information content (AvgIpc) is 2.99. The molecule has 0 bridgehead atoms. The van der Waals surface area contributed by atoms with Crippen molar-refractivity contribution >= 4 is 0 Å². The summed E-state index contributed by atoms with van der Waals surface area (Å²) in [6, 6.07) is 0. The fourth-order valence-electron chi connectivity index (χ4n) is 8.25. The molecular weight excluding hydrogens is 340 g/mol. The topological polar surface area (TPSA) is 20.2 Å². The van der Waals surface area contributed by atoms with Gasteiger partial charge in [0.25, 0.3) is 0 Å². The van der Waals surface area contributed by atoms with Crippen LogP contribution < -0.4 is 0 Å². The first-order valence-corrected chi connectivity index (χ1v) is 12.3. The van der Waals surface area contributed by atoms with Crippen molar-refractivity contribution in [1.29, 1.82) is 0 Å². The van der Waals surface area contributed by atoms with E-state index in [4.69, 9.17) is 0 Å². The molecule has 4 rings (SSSR count). The molecule has 0 aromatic carbocycles. The Morgan fingerprint density at radius 3 is 2.61 bits per heavy atom. The van der Waals surface area contributed by atoms with Gasteiger partial charge < -0.3 is 5.11 Å². The van der Waals surface area contributed by atoms with Crippen LogP contribution in [0.2, 0.25) is 0 Å². The number of rotatable bonds is 4. The second kappa shape index (κ2) is 7.60. The fourth-order valence-corrected chi connectivity index (χ4v) is 8.25. The number of fused-ring (bicyclic) bond motifs is 5. The minimum atomic E-state index is -0.0842. The van der Waals surface area contributed by atoms with E-state index in [1.54, 1.807) is 5.57 Å². The number of aliphatic hydroxyl groups excluding tert-OH is 1. The lowest BCUT2D eigenvalue weighted by molar-refractivity contribution is -0.0540. The Bertz CT molecular complexity index is 630. The molecule has 3 saturated carbocycles. The van der Waals surface area contributed by atoms with E-state index >= 15 is 0 Å². The fraction of sp³-hybridized carbons (Fsp3) is 0.852. The van der Waals surface area contributed by atoms with Gasteiger partial charge in [0.1, 0.15) is 0 Å². The molecule has 0 heterocycles. The van der Waals surface area contributed by atoms with Crippen LogP contribution in [0.4, 0.5) is 0 Å². The van der Waals surface area contributed by atoms with Crippen LogP contribution in [0.15, 0.2) is 23.8 Å². The normalized spacial score (nSPS) is 46.8. The van der Waals surface area contributed by atoms with Crippen LogP contribution in [0, 0.1) is 46.3 Å². The third-order valence-corrected chi connectivity index (χ3v) is 9.83. The van der Waals surface area contributed by atoms with Gasteiger partial charge >= 0.3 is 0 Å². The molecule has 4 aliphatic carbocycles. The smallest absolute Gasteiger partial charge is 0.0577 e. The molecule has 158 valence electrons. The molecule has 0 aliphatic heterocycles. The Morgan fingerprint density at radius 1 is 1.07 bits per heavy atom. The van der Waals surface area contributed by atoms with E-state index in [1.807, 2.05) is 0 Å². The van der Waals surface area contributed by atoms with Gasteiger partial charge in [0.05, 0.1) is 6.10 Å². The van der Waals surface area contributed by atoms with Gasteiger partial charge in [-0.05, 0) is 104 Å². The molecule has 0 aromatic rings. The minimum absolute atomic E-state index is 0.0842. The molecule has 0 spiro atoms. The summed E-state index contributed by atoms with van der Waals surface area (Å²) in [5.74, 6) is 5.03. The summed E-state index contributed by atoms with van der Waals surface area (Å²) >= 11 is 0. The highest BCUT2D eigenvalue weighted by atomic mass is 16.3. The molecule has 0 aromatic heterocycles. The predicted octanol–water partition coefficient (Wildman–Crippen LogP) is 7.16. The standard InChI is InChI=1S/C27H44O/c1-18(2)7-6-8-19(3)23-11-12-24-22-10-9-20-17-21(28)13-15-26(20,4)25(22)14-16-27(23,24)5/h6,8-9,18-19,21-25,28H,7,10-17H2,1-5H3/b8-6-/t19-,21-,22+,23+,24+,25+,26-,27+/m0/s1. The average molecular weight is 385 g/mol. The molecule has 8 atom stereocenters. The lowest BCUT2D eigenvalue weighted by atomic mass is 9.47. The monoisotopic (exact) mass is 384 g/mol. The first kappa shape index (κ1) is 20.7. The summed E-state index contributed by atoms with van der Waals surface area (Å²) in [7, 11) is 0. The zero-order valence-electron chi connectivity index (χ0n) is 19.1. The van der Waals surface area contributed by atoms with Crippen molar-refractivity contribution in [3.8, 4) is 0 Å². The molecule has 1 N–H and O–H groups in total. The maximum absolute atomic E-state index is 10.2. The van der Waals surface area contributed by atoms with Crippen LogP contribution >= 0.6 is 0 Å². The molecule has 28 heavy (non-hydrogen) atoms. The molecule has 3 fully saturated rings. The van der Waals surface area contributed by atoms with Crippen molar-refractivity contribution in [1.82, 2.24) is 0 Å². The SMILES string of the molecule is CC(C)C/C=C\[C@H](C)[C@H]1CC[C@@H]2[C@H]3CC=C4C[C@@H](O)CC[C@]4(C)[C@@H]3CC[C@@]21C. The lowest BCUT2D eigenvalue weighted by Gasteiger charge is -2.58. The van der Waals surface area contributed by atoms with Gasteiger partial charge in [-0.2, -0.15) is 0 Å². The Balaban J connectivity index is 1.53. The third kappa shape index (κ3) is 3.34. The predicted molar refractivity (Wildman–Crippen MR) is 119 cm³/mol. The van der Waals surface area contributed by atoms with Crippen molar-refractivity contribution in [3.05, 3.63) is 23.8 Å². The molecule has 0 saturated heterocycles. The quantitative estimate of drug-likeness (QED) is 0.510. The van der Waals surface area contributed by atoms with Crippen LogP contribution in [0.25, 0.3) is 0 Å². The van der Waals surface area contributed by atoms with E-state index in [0.29, 0.717) is 10.8 Å². The third-order valence-electron chi connectivity index (χ3n) is 9.83. The first-order chi connectivity index (χ1) is 13.3. The van der Waals surface area contributed by atoms with Crippen molar-refractivity contribution in [2.24, 2.45) is 46.3 Å². The Morgan fingerprint density at radius 2 is 1.86 bits per heavy atom. The van der Waals surface area contributed by atoms with Gasteiger partial charge in [-0.1, -0.05) is 58.4 Å². The Kier molecular flexibility index (Phi) is 5.62. The van der Waals surface area contributed by atoms with Crippen LogP contribution in [0.5, 0.6) is 0 Å². The van der Waals surface area contributed by atoms with Crippen molar-refractivity contribution in [2.45, 2.75) is 98.5 Å². The number of hydrogen-bond acceptors (Lipinski definition) is 1. The van der Waals surface area contributed by atoms with Crippen LogP contribution in [-0.2, 0) is 0 Å². The minimum Gasteiger partial charge on any atom is -0.393 e. The number of hydrogen-bond donors (Lipinski definition) is 1. The van der Waals surface area contributed by atoms with Crippen LogP contribution in [0.1, 0.15) is 92.4 Å². The van der Waals surface area contributed by atoms with E-state index in [1.165, 1.54) is 44.9 Å². The van der Waals surface area contributed by atoms with Crippen molar-refractivity contribution < 1.29 is 5.11 Å². The highest BCUT2D eigenvalue weighted by molar-refractivity contribution is 5.25. The summed E-state index contributed by atoms with van der Waals surface area (Å²) in [6.45, 7) is 12.3. The second-order valence-electron chi connectivity index (χ2n) is 11.8. The summed E-state index contributed by atoms with van der Waals surface area (Å²) in [4.78, 5) is 0. The zero-order valence-corrected chi connectivity index (χ0v) is 19.1. The Labute approximate surface area is 174 Å². The van der Waals surface area contributed by atoms with Gasteiger partial charge in [0.2, 0.25) is 0 Å². The van der Waals surface area contributed by atoms with E-state index in [2.05, 4.69) is 52.8 Å². The largest absolute Gasteiger partial charge is 0.393 e. The van der Waals surface area contributed by atoms with Crippen LogP contribution in [0.3, 0.4) is 0 Å². The lowest BCUT2D eigenvalue weighted by Crippen LogP contribution is -2.50. The number of aliphatic hydroxyl groups is 1. The first-order valence-electron chi connectivity index (χ1n) is 12.3. The maximum atomic E-state index is 10.2. The molecular formula is C27H44O. The summed E-state index contributed by atoms with van der Waals surface area (Å²) in [5.41, 5.74) is 2.53. The van der Waals surface area contributed by atoms with Crippen molar-refractivity contribution in [2.75, 3.05) is 0 Å². The van der Waals surface area contributed by atoms with E-state index in [9.17, 15) is 5.11 Å². The Hall–Kier alpha value is -0.560. The van der Waals surface area contributed by atoms with Gasteiger partial charge in [-0.25, -0.2) is 0 Å². The van der Waals surface area contributed by atoms with Gasteiger partial charge in [0, 0.05) is 0 Å². The molecule has 0 radical (unpaired) electrons. The summed E-state index contributed by atoms with van der Waals surface area (Å²) < 4.78 is 0. The molecule has 1 heteroatoms. The summed E-state index contributed by atoms with van der Waals surface area (Å²) in [6.07, 6.45) is 18.9. The van der Waals surface area contributed by atoms with Crippen LogP contribution in [-0.4, -0.2) is 11.2 Å². The summed E-state index contributed by atoms with van der Waals surface area (Å²) in [5, 5.41) is 10.2. The van der Waals surface area contributed by atoms with Gasteiger partial charge in [-0.15, -0.1) is 0 Å². The van der Waals surface area contributed by atoms with Gasteiger partial charge in [-0.3, -0.25) is 0 Å². The maximum Gasteiger partial charge on any atom is 0.0577 e. The number of allylic oxidation sites excluding steroid dienone is 3. The zero-order chi connectivity index (χ0) is 20.1. The van der Waals surface area contributed by atoms with Gasteiger partial charge in [0.15, 0.2) is 0 Å². The molecule has 1 nitrogen and oxygen atoms in total. The highest BCUT2D eigenvalue weighted by Crippen LogP contribution is 2.67. The second-order valence-corrected chi connectivity index (χ2v) is 11.8. The molecule has 0 amide bonds. The van der Waals surface area contributed by atoms with E-state index < -0.39 is 0 Å². The van der Waals surface area contributed by atoms with E-state index in [-0.39, 0.29) is 6.10 Å². The molecule has 0 unspecified atom stereocenters. The van der Waals surface area contributed by atoms with Crippen molar-refractivity contribution in [3.63, 3.8) is 0 Å². The molecule has 4 aliphatic rings.